The molecule has 114 valence electrons. The third-order valence-corrected chi connectivity index (χ3v) is 3.52. The number of ether oxygens (including phenoxy) is 1. The summed E-state index contributed by atoms with van der Waals surface area (Å²) in [5.74, 6) is 0.457. The Kier molecular flexibility index (Phi) is 4.34. The van der Waals surface area contributed by atoms with Gasteiger partial charge >= 0.3 is 0 Å². The number of nitrogens with zero attached hydrogens (tertiary/aromatic N) is 1. The van der Waals surface area contributed by atoms with Gasteiger partial charge in [0.1, 0.15) is 5.75 Å². The maximum absolute atomic E-state index is 12.2. The number of para-hydroxylation sites is 1. The van der Waals surface area contributed by atoms with Crippen molar-refractivity contribution in [2.24, 2.45) is 5.10 Å². The minimum Gasteiger partial charge on any atom is -0.496 e. The van der Waals surface area contributed by atoms with E-state index in [1.54, 1.807) is 19.4 Å². The van der Waals surface area contributed by atoms with Gasteiger partial charge in [0.15, 0.2) is 0 Å². The summed E-state index contributed by atoms with van der Waals surface area (Å²) in [6.45, 7) is 0. The van der Waals surface area contributed by atoms with Gasteiger partial charge in [-0.1, -0.05) is 42.5 Å². The molecular weight excluding hydrogens is 288 g/mol. The summed E-state index contributed by atoms with van der Waals surface area (Å²) in [6, 6.07) is 20.9. The van der Waals surface area contributed by atoms with Crippen LogP contribution in [0.15, 0.2) is 71.8 Å². The summed E-state index contributed by atoms with van der Waals surface area (Å²) in [4.78, 5) is 12.2. The van der Waals surface area contributed by atoms with Crippen molar-refractivity contribution in [3.8, 4) is 5.75 Å². The Morgan fingerprint density at radius 3 is 2.57 bits per heavy atom. The Bertz CT molecular complexity index is 872. The first-order valence-electron chi connectivity index (χ1n) is 7.23. The van der Waals surface area contributed by atoms with E-state index in [1.807, 2.05) is 60.7 Å². The molecule has 1 amide bonds. The minimum atomic E-state index is -0.248. The quantitative estimate of drug-likeness (QED) is 0.591. The van der Waals surface area contributed by atoms with E-state index in [9.17, 15) is 4.79 Å². The fraction of sp³-hybridized carbons (Fsp3) is 0.0526. The lowest BCUT2D eigenvalue weighted by atomic mass is 10.1. The van der Waals surface area contributed by atoms with E-state index in [4.69, 9.17) is 4.74 Å². The van der Waals surface area contributed by atoms with Crippen LogP contribution in [0.4, 0.5) is 0 Å². The number of benzene rings is 3. The van der Waals surface area contributed by atoms with Gasteiger partial charge in [-0.15, -0.1) is 0 Å². The number of carbonyl (C=O) groups excluding carboxylic acids is 1. The first-order valence-corrected chi connectivity index (χ1v) is 7.23. The fourth-order valence-corrected chi connectivity index (χ4v) is 2.33. The van der Waals surface area contributed by atoms with Crippen molar-refractivity contribution in [1.29, 1.82) is 0 Å². The zero-order valence-electron chi connectivity index (χ0n) is 12.7. The molecule has 0 aromatic heterocycles. The SMILES string of the molecule is COc1ccccc1/C=N/NC(=O)c1ccc2ccccc2c1. The van der Waals surface area contributed by atoms with Gasteiger partial charge in [0, 0.05) is 11.1 Å². The van der Waals surface area contributed by atoms with Gasteiger partial charge < -0.3 is 4.74 Å². The van der Waals surface area contributed by atoms with E-state index in [-0.39, 0.29) is 5.91 Å². The maximum Gasteiger partial charge on any atom is 0.271 e. The number of fused-ring (bicyclic) bond motifs is 1. The molecule has 0 atom stereocenters. The molecule has 0 saturated heterocycles. The van der Waals surface area contributed by atoms with Crippen molar-refractivity contribution < 1.29 is 9.53 Å². The molecule has 0 aliphatic heterocycles. The molecule has 4 nitrogen and oxygen atoms in total. The lowest BCUT2D eigenvalue weighted by Gasteiger charge is -2.04. The molecule has 3 aromatic rings. The van der Waals surface area contributed by atoms with Crippen LogP contribution < -0.4 is 10.2 Å². The standard InChI is InChI=1S/C19H16N2O2/c1-23-18-9-5-4-8-17(18)13-20-21-19(22)16-11-10-14-6-2-3-7-15(14)12-16/h2-13H,1H3,(H,21,22)/b20-13+. The number of hydrazone groups is 1. The molecule has 0 fully saturated rings. The molecule has 0 radical (unpaired) electrons. The third kappa shape index (κ3) is 3.37. The Balaban J connectivity index is 1.74. The molecule has 3 rings (SSSR count). The number of amides is 1. The van der Waals surface area contributed by atoms with Crippen molar-refractivity contribution in [1.82, 2.24) is 5.43 Å². The number of nitrogens with one attached hydrogen (secondary N) is 1. The van der Waals surface area contributed by atoms with Gasteiger partial charge in [-0.3, -0.25) is 4.79 Å². The van der Waals surface area contributed by atoms with E-state index in [2.05, 4.69) is 10.5 Å². The highest BCUT2D eigenvalue weighted by Crippen LogP contribution is 2.16. The van der Waals surface area contributed by atoms with Crippen LogP contribution >= 0.6 is 0 Å². The van der Waals surface area contributed by atoms with Crippen LogP contribution in [0.2, 0.25) is 0 Å². The molecule has 23 heavy (non-hydrogen) atoms. The highest BCUT2D eigenvalue weighted by Gasteiger charge is 2.05. The highest BCUT2D eigenvalue weighted by atomic mass is 16.5. The normalized spacial score (nSPS) is 10.8. The number of hydrogen-bond donors (Lipinski definition) is 1. The van der Waals surface area contributed by atoms with E-state index in [0.29, 0.717) is 11.3 Å². The zero-order valence-corrected chi connectivity index (χ0v) is 12.7. The van der Waals surface area contributed by atoms with Gasteiger partial charge in [0.25, 0.3) is 5.91 Å². The number of methoxy groups -OCH3 is 1. The largest absolute Gasteiger partial charge is 0.496 e. The maximum atomic E-state index is 12.2. The Morgan fingerprint density at radius 1 is 1.00 bits per heavy atom. The van der Waals surface area contributed by atoms with Crippen LogP contribution in [-0.2, 0) is 0 Å². The van der Waals surface area contributed by atoms with Gasteiger partial charge in [0.05, 0.1) is 13.3 Å². The van der Waals surface area contributed by atoms with Crippen molar-refractivity contribution in [3.63, 3.8) is 0 Å². The predicted molar refractivity (Wildman–Crippen MR) is 92.0 cm³/mol. The summed E-state index contributed by atoms with van der Waals surface area (Å²) in [6.07, 6.45) is 1.57. The summed E-state index contributed by atoms with van der Waals surface area (Å²) in [5, 5.41) is 6.12. The summed E-state index contributed by atoms with van der Waals surface area (Å²) in [7, 11) is 1.60. The van der Waals surface area contributed by atoms with Crippen molar-refractivity contribution in [2.45, 2.75) is 0 Å². The van der Waals surface area contributed by atoms with Gasteiger partial charge in [-0.05, 0) is 35.0 Å². The fourth-order valence-electron chi connectivity index (χ4n) is 2.33. The Labute approximate surface area is 134 Å². The second-order valence-corrected chi connectivity index (χ2v) is 5.00. The molecule has 0 aliphatic carbocycles. The van der Waals surface area contributed by atoms with Crippen LogP contribution in [0, 0.1) is 0 Å². The van der Waals surface area contributed by atoms with Gasteiger partial charge in [-0.25, -0.2) is 5.43 Å². The molecule has 0 aliphatic rings. The number of carbonyl (C=O) groups is 1. The molecule has 0 saturated carbocycles. The lowest BCUT2D eigenvalue weighted by molar-refractivity contribution is 0.0955. The first kappa shape index (κ1) is 14.8. The van der Waals surface area contributed by atoms with E-state index in [0.717, 1.165) is 16.3 Å². The molecule has 0 unspecified atom stereocenters. The van der Waals surface area contributed by atoms with Crippen LogP contribution in [-0.4, -0.2) is 19.2 Å². The predicted octanol–water partition coefficient (Wildman–Crippen LogP) is 3.61. The number of rotatable bonds is 4. The smallest absolute Gasteiger partial charge is 0.271 e. The second kappa shape index (κ2) is 6.75. The summed E-state index contributed by atoms with van der Waals surface area (Å²) in [5.41, 5.74) is 3.91. The molecule has 0 bridgehead atoms. The monoisotopic (exact) mass is 304 g/mol. The average molecular weight is 304 g/mol. The summed E-state index contributed by atoms with van der Waals surface area (Å²) >= 11 is 0. The van der Waals surface area contributed by atoms with Crippen LogP contribution in [0.5, 0.6) is 5.75 Å². The zero-order chi connectivity index (χ0) is 16.1. The van der Waals surface area contributed by atoms with Gasteiger partial charge in [0.2, 0.25) is 0 Å². The average Bonchev–Trinajstić information content (AvgIpc) is 2.61. The van der Waals surface area contributed by atoms with Crippen molar-refractivity contribution in [3.05, 3.63) is 77.9 Å². The van der Waals surface area contributed by atoms with E-state index < -0.39 is 0 Å². The van der Waals surface area contributed by atoms with Crippen molar-refractivity contribution >= 4 is 22.9 Å². The second-order valence-electron chi connectivity index (χ2n) is 5.00. The molecule has 1 N–H and O–H groups in total. The molecule has 0 heterocycles. The Morgan fingerprint density at radius 2 is 1.74 bits per heavy atom. The molecule has 0 spiro atoms. The molecule has 3 aromatic carbocycles. The highest BCUT2D eigenvalue weighted by molar-refractivity contribution is 5.99. The number of hydrogen-bond acceptors (Lipinski definition) is 3. The van der Waals surface area contributed by atoms with Gasteiger partial charge in [-0.2, -0.15) is 5.10 Å². The summed E-state index contributed by atoms with van der Waals surface area (Å²) < 4.78 is 5.23. The van der Waals surface area contributed by atoms with Crippen molar-refractivity contribution in [2.75, 3.05) is 7.11 Å². The first-order chi connectivity index (χ1) is 11.3. The molecule has 4 heteroatoms. The van der Waals surface area contributed by atoms with Crippen LogP contribution in [0.25, 0.3) is 10.8 Å². The third-order valence-electron chi connectivity index (χ3n) is 3.52. The van der Waals surface area contributed by atoms with E-state index in [1.165, 1.54) is 0 Å². The lowest BCUT2D eigenvalue weighted by Crippen LogP contribution is -2.17. The van der Waals surface area contributed by atoms with Crippen LogP contribution in [0.1, 0.15) is 15.9 Å². The molecular formula is C19H16N2O2. The minimum absolute atomic E-state index is 0.248. The van der Waals surface area contributed by atoms with Crippen LogP contribution in [0.3, 0.4) is 0 Å². The van der Waals surface area contributed by atoms with E-state index >= 15 is 0 Å². The topological polar surface area (TPSA) is 50.7 Å². The Hall–Kier alpha value is -3.14.